The average Bonchev–Trinajstić information content (AvgIpc) is 3.09. The lowest BCUT2D eigenvalue weighted by Crippen LogP contribution is -2.14. The zero-order chi connectivity index (χ0) is 21.3. The van der Waals surface area contributed by atoms with Crippen LogP contribution in [0.15, 0.2) is 49.1 Å². The normalized spacial score (nSPS) is 10.7. The van der Waals surface area contributed by atoms with Gasteiger partial charge >= 0.3 is 5.97 Å². The third-order valence-electron chi connectivity index (χ3n) is 3.93. The van der Waals surface area contributed by atoms with Gasteiger partial charge in [0, 0.05) is 19.0 Å². The molecule has 0 fully saturated rings. The first-order chi connectivity index (χ1) is 13.7. The predicted molar refractivity (Wildman–Crippen MR) is 133 cm³/mol. The number of carbonyl (C=O) groups excluding carboxylic acids is 1. The van der Waals surface area contributed by atoms with Gasteiger partial charge in [-0.2, -0.15) is 0 Å². The lowest BCUT2D eigenvalue weighted by Gasteiger charge is -2.13. The molecule has 150 valence electrons. The van der Waals surface area contributed by atoms with Gasteiger partial charge < -0.3 is 15.2 Å². The summed E-state index contributed by atoms with van der Waals surface area (Å²) >= 11 is 13.5. The summed E-state index contributed by atoms with van der Waals surface area (Å²) in [6.45, 7) is 0. The third-order valence-corrected chi connectivity index (χ3v) is 8.23. The largest absolute Gasteiger partial charge is 0.494 e. The number of thiophene rings is 1. The van der Waals surface area contributed by atoms with Gasteiger partial charge in [0.25, 0.3) is 5.91 Å². The second kappa shape index (κ2) is 9.46. The number of carbonyl (C=O) groups is 2. The van der Waals surface area contributed by atoms with Crippen LogP contribution < -0.4 is 10.1 Å². The number of anilines is 1. The van der Waals surface area contributed by atoms with E-state index < -0.39 is 11.9 Å². The van der Waals surface area contributed by atoms with E-state index in [0.717, 1.165) is 9.13 Å². The highest BCUT2D eigenvalue weighted by Crippen LogP contribution is 2.42. The smallest absolute Gasteiger partial charge is 0.339 e. The number of carboxylic acid groups (broad SMARTS) is 1. The zero-order valence-electron chi connectivity index (χ0n) is 14.6. The number of nitrogens with one attached hydrogen (secondary N) is 1. The molecule has 0 radical (unpaired) electrons. The van der Waals surface area contributed by atoms with Crippen LogP contribution in [0.25, 0.3) is 11.1 Å². The number of ether oxygens (including phenoxy) is 1. The van der Waals surface area contributed by atoms with E-state index in [-0.39, 0.29) is 10.6 Å². The minimum atomic E-state index is -1.11. The molecule has 29 heavy (non-hydrogen) atoms. The van der Waals surface area contributed by atoms with Crippen molar-refractivity contribution in [1.29, 1.82) is 0 Å². The number of methoxy groups -OCH3 is 1. The first-order valence-corrected chi connectivity index (χ1v) is 12.2. The summed E-state index contributed by atoms with van der Waals surface area (Å²) < 4.78 is 8.07. The van der Waals surface area contributed by atoms with Gasteiger partial charge in [0.2, 0.25) is 0 Å². The Morgan fingerprint density at radius 2 is 1.90 bits per heavy atom. The number of benzene rings is 2. The summed E-state index contributed by atoms with van der Waals surface area (Å²) in [5, 5.41) is 14.5. The molecule has 0 aliphatic carbocycles. The number of amides is 1. The van der Waals surface area contributed by atoms with Crippen molar-refractivity contribution in [3.8, 4) is 16.9 Å². The van der Waals surface area contributed by atoms with Crippen LogP contribution in [0.3, 0.4) is 0 Å². The molecule has 0 spiro atoms. The predicted octanol–water partition coefficient (Wildman–Crippen LogP) is 7.27. The fourth-order valence-electron chi connectivity index (χ4n) is 2.63. The lowest BCUT2D eigenvalue weighted by atomic mass is 10.0. The molecule has 10 heteroatoms. The number of halogens is 4. The fourth-order valence-corrected chi connectivity index (χ4v) is 5.93. The summed E-state index contributed by atoms with van der Waals surface area (Å²) in [4.78, 5) is 24.9. The van der Waals surface area contributed by atoms with Crippen LogP contribution in [-0.4, -0.2) is 24.1 Å². The molecule has 5 nitrogen and oxygen atoms in total. The third kappa shape index (κ3) is 4.71. The summed E-state index contributed by atoms with van der Waals surface area (Å²) in [7, 11) is 1.49. The fraction of sp³-hybridized carbons (Fsp3) is 0.0526. The first kappa shape index (κ1) is 22.7. The van der Waals surface area contributed by atoms with E-state index in [9.17, 15) is 14.7 Å². The van der Waals surface area contributed by atoms with Gasteiger partial charge in [0.15, 0.2) is 0 Å². The molecule has 2 aromatic carbocycles. The van der Waals surface area contributed by atoms with Gasteiger partial charge in [-0.3, -0.25) is 4.79 Å². The topological polar surface area (TPSA) is 75.6 Å². The Kier molecular flexibility index (Phi) is 7.41. The van der Waals surface area contributed by atoms with Crippen molar-refractivity contribution in [1.82, 2.24) is 0 Å². The highest BCUT2D eigenvalue weighted by Gasteiger charge is 2.24. The van der Waals surface area contributed by atoms with E-state index >= 15 is 0 Å². The van der Waals surface area contributed by atoms with Crippen LogP contribution in [0.4, 0.5) is 5.00 Å². The highest BCUT2D eigenvalue weighted by atomic mass is 127. The first-order valence-electron chi connectivity index (χ1n) is 7.88. The Morgan fingerprint density at radius 3 is 2.52 bits per heavy atom. The second-order valence-corrected chi connectivity index (χ2v) is 10.3. The lowest BCUT2D eigenvalue weighted by molar-refractivity contribution is 0.0699. The van der Waals surface area contributed by atoms with Crippen molar-refractivity contribution in [2.75, 3.05) is 12.4 Å². The second-order valence-electron chi connectivity index (χ2n) is 5.69. The van der Waals surface area contributed by atoms with Crippen molar-refractivity contribution < 1.29 is 19.4 Å². The van der Waals surface area contributed by atoms with Crippen LogP contribution in [0.1, 0.15) is 20.7 Å². The van der Waals surface area contributed by atoms with Crippen LogP contribution in [-0.2, 0) is 0 Å². The molecule has 1 heterocycles. The molecule has 0 aliphatic rings. The molecule has 1 amide bonds. The molecule has 3 aromatic rings. The van der Waals surface area contributed by atoms with Gasteiger partial charge in [-0.25, -0.2) is 4.79 Å². The van der Waals surface area contributed by atoms with E-state index in [1.165, 1.54) is 18.4 Å². The van der Waals surface area contributed by atoms with Gasteiger partial charge in [-0.05, 0) is 94.1 Å². The SMILES string of the molecule is COc1c(Br)c(Br)cc(C(=O)Nc2scc(-c3cccc(I)c3)c2C(=O)O)c1Br. The summed E-state index contributed by atoms with van der Waals surface area (Å²) in [6, 6.07) is 9.15. The molecule has 0 bridgehead atoms. The van der Waals surface area contributed by atoms with E-state index in [2.05, 4.69) is 75.7 Å². The molecule has 2 N–H and O–H groups in total. The van der Waals surface area contributed by atoms with Crippen molar-refractivity contribution in [2.24, 2.45) is 0 Å². The molecule has 0 aliphatic heterocycles. The maximum absolute atomic E-state index is 12.9. The Bertz CT molecular complexity index is 1130. The van der Waals surface area contributed by atoms with Gasteiger partial charge in [0.1, 0.15) is 16.3 Å². The molecule has 0 saturated heterocycles. The number of rotatable bonds is 5. The van der Waals surface area contributed by atoms with Crippen LogP contribution in [0.2, 0.25) is 0 Å². The standard InChI is InChI=1S/C19H11Br3INO4S/c1-28-16-14(21)10(6-12(20)15(16)22)17(25)24-18-13(19(26)27)11(7-29-18)8-3-2-4-9(23)5-8/h2-7H,1H3,(H,24,25)(H,26,27). The van der Waals surface area contributed by atoms with E-state index in [1.807, 2.05) is 24.3 Å². The van der Waals surface area contributed by atoms with Crippen LogP contribution in [0.5, 0.6) is 5.75 Å². The Hall–Kier alpha value is -0.950. The summed E-state index contributed by atoms with van der Waals surface area (Å²) in [5.41, 5.74) is 1.70. The minimum Gasteiger partial charge on any atom is -0.494 e. The highest BCUT2D eigenvalue weighted by molar-refractivity contribution is 14.1. The molecule has 1 aromatic heterocycles. The molecule has 0 unspecified atom stereocenters. The average molecular weight is 716 g/mol. The van der Waals surface area contributed by atoms with Gasteiger partial charge in [-0.1, -0.05) is 12.1 Å². The van der Waals surface area contributed by atoms with E-state index in [4.69, 9.17) is 4.74 Å². The number of carboxylic acids is 1. The van der Waals surface area contributed by atoms with Crippen LogP contribution >= 0.6 is 81.7 Å². The summed E-state index contributed by atoms with van der Waals surface area (Å²) in [5.74, 6) is -1.11. The van der Waals surface area contributed by atoms with E-state index in [1.54, 1.807) is 11.4 Å². The summed E-state index contributed by atoms with van der Waals surface area (Å²) in [6.07, 6.45) is 0. The monoisotopic (exact) mass is 713 g/mol. The van der Waals surface area contributed by atoms with Gasteiger partial charge in [-0.15, -0.1) is 11.3 Å². The van der Waals surface area contributed by atoms with Crippen molar-refractivity contribution in [2.45, 2.75) is 0 Å². The Balaban J connectivity index is 2.03. The molecular formula is C19H11Br3INO4S. The zero-order valence-corrected chi connectivity index (χ0v) is 22.3. The maximum Gasteiger partial charge on any atom is 0.339 e. The van der Waals surface area contributed by atoms with E-state index in [0.29, 0.717) is 30.3 Å². The van der Waals surface area contributed by atoms with Crippen molar-refractivity contribution in [3.05, 3.63) is 63.8 Å². The number of hydrogen-bond acceptors (Lipinski definition) is 4. The molecule has 3 rings (SSSR count). The molecule has 0 atom stereocenters. The number of hydrogen-bond donors (Lipinski definition) is 2. The Morgan fingerprint density at radius 1 is 1.17 bits per heavy atom. The molecule has 0 saturated carbocycles. The van der Waals surface area contributed by atoms with Gasteiger partial charge in [0.05, 0.1) is 21.6 Å². The van der Waals surface area contributed by atoms with Crippen LogP contribution in [0, 0.1) is 3.57 Å². The number of aromatic carboxylic acids is 1. The van der Waals surface area contributed by atoms with Crippen molar-refractivity contribution >= 4 is 98.6 Å². The Labute approximate surface area is 209 Å². The minimum absolute atomic E-state index is 0.0598. The van der Waals surface area contributed by atoms with Crippen molar-refractivity contribution in [3.63, 3.8) is 0 Å². The maximum atomic E-state index is 12.9. The quantitative estimate of drug-likeness (QED) is 0.216. The molecular weight excluding hydrogens is 705 g/mol.